The van der Waals surface area contributed by atoms with Gasteiger partial charge in [-0.15, -0.1) is 0 Å². The van der Waals surface area contributed by atoms with Gasteiger partial charge in [-0.1, -0.05) is 12.1 Å². The normalized spacial score (nSPS) is 24.8. The van der Waals surface area contributed by atoms with Gasteiger partial charge in [0.1, 0.15) is 5.82 Å². The molecule has 2 fully saturated rings. The minimum absolute atomic E-state index is 0.0713. The fourth-order valence-electron chi connectivity index (χ4n) is 5.83. The number of nitrogens with zero attached hydrogens (tertiary/aromatic N) is 5. The monoisotopic (exact) mass is 465 g/mol. The van der Waals surface area contributed by atoms with Crippen molar-refractivity contribution in [1.82, 2.24) is 19.8 Å². The molecule has 0 bridgehead atoms. The van der Waals surface area contributed by atoms with Crippen molar-refractivity contribution in [3.8, 4) is 0 Å². The van der Waals surface area contributed by atoms with Crippen molar-refractivity contribution in [2.24, 2.45) is 0 Å². The SMILES string of the molecule is O=C1C=c2c(ncc3c2=C(CN2CCN4C[C@H](O)CC4C2)CN3Cc2ccc(F)cc2)CN1O. The quantitative estimate of drug-likeness (QED) is 0.598. The summed E-state index contributed by atoms with van der Waals surface area (Å²) in [6, 6.07) is 6.91. The van der Waals surface area contributed by atoms with Gasteiger partial charge in [-0.3, -0.25) is 24.8 Å². The maximum absolute atomic E-state index is 13.4. The molecule has 1 unspecified atom stereocenters. The van der Waals surface area contributed by atoms with Gasteiger partial charge >= 0.3 is 0 Å². The molecule has 2 aromatic rings. The van der Waals surface area contributed by atoms with E-state index in [4.69, 9.17) is 0 Å². The first kappa shape index (κ1) is 21.7. The number of benzene rings is 1. The van der Waals surface area contributed by atoms with E-state index >= 15 is 0 Å². The van der Waals surface area contributed by atoms with Crippen LogP contribution in [0.25, 0.3) is 11.6 Å². The largest absolute Gasteiger partial charge is 0.392 e. The topological polar surface area (TPSA) is 83.4 Å². The molecule has 5 heterocycles. The van der Waals surface area contributed by atoms with Crippen LogP contribution in [0.1, 0.15) is 17.7 Å². The lowest BCUT2D eigenvalue weighted by Crippen LogP contribution is -2.51. The lowest BCUT2D eigenvalue weighted by Gasteiger charge is -2.37. The average molecular weight is 466 g/mol. The number of aliphatic hydroxyl groups is 1. The van der Waals surface area contributed by atoms with Crippen LogP contribution < -0.4 is 15.3 Å². The second-order valence-corrected chi connectivity index (χ2v) is 9.78. The number of fused-ring (bicyclic) bond motifs is 4. The Hall–Kier alpha value is -2.85. The number of rotatable bonds is 4. The highest BCUT2D eigenvalue weighted by atomic mass is 19.1. The van der Waals surface area contributed by atoms with Gasteiger partial charge in [0.05, 0.1) is 30.2 Å². The Morgan fingerprint density at radius 3 is 2.74 bits per heavy atom. The van der Waals surface area contributed by atoms with E-state index < -0.39 is 5.91 Å². The molecule has 0 radical (unpaired) electrons. The van der Waals surface area contributed by atoms with Gasteiger partial charge in [0.15, 0.2) is 0 Å². The van der Waals surface area contributed by atoms with Gasteiger partial charge in [0.25, 0.3) is 5.91 Å². The number of anilines is 1. The molecule has 0 spiro atoms. The lowest BCUT2D eigenvalue weighted by atomic mass is 10.1. The standard InChI is InChI=1S/C25H28FN5O3/c26-18-3-1-16(2-4-18)10-30-12-17(11-28-5-6-29-14-20(32)7-19(29)13-28)25-21-8-24(33)31(34)15-22(21)27-9-23(25)30/h1-4,8-9,19-20,32,34H,5-7,10-15H2/t19?,20-/m1/s1. The van der Waals surface area contributed by atoms with Gasteiger partial charge in [-0.2, -0.15) is 0 Å². The minimum Gasteiger partial charge on any atom is -0.392 e. The average Bonchev–Trinajstić information content (AvgIpc) is 3.35. The van der Waals surface area contributed by atoms with Gasteiger partial charge in [0, 0.05) is 68.4 Å². The molecular weight excluding hydrogens is 437 g/mol. The van der Waals surface area contributed by atoms with Crippen LogP contribution in [0.4, 0.5) is 10.1 Å². The molecule has 1 amide bonds. The van der Waals surface area contributed by atoms with Crippen molar-refractivity contribution in [2.75, 3.05) is 44.2 Å². The second kappa shape index (κ2) is 8.42. The number of hydrogen-bond acceptors (Lipinski definition) is 7. The fourth-order valence-corrected chi connectivity index (χ4v) is 5.83. The molecular formula is C25H28FN5O3. The number of aliphatic hydroxyl groups excluding tert-OH is 1. The van der Waals surface area contributed by atoms with Crippen LogP contribution in [0.15, 0.2) is 30.5 Å². The van der Waals surface area contributed by atoms with Crippen LogP contribution in [-0.4, -0.2) is 87.5 Å². The van der Waals surface area contributed by atoms with Crippen LogP contribution in [0.5, 0.6) is 0 Å². The van der Waals surface area contributed by atoms with Crippen molar-refractivity contribution in [1.29, 1.82) is 0 Å². The molecule has 0 aliphatic carbocycles. The molecule has 4 aliphatic rings. The number of pyridine rings is 1. The number of hydrogen-bond donors (Lipinski definition) is 2. The van der Waals surface area contributed by atoms with Gasteiger partial charge < -0.3 is 10.0 Å². The van der Waals surface area contributed by atoms with E-state index in [0.717, 1.165) is 60.8 Å². The summed E-state index contributed by atoms with van der Waals surface area (Å²) in [6.07, 6.45) is 3.88. The maximum Gasteiger partial charge on any atom is 0.270 e. The van der Waals surface area contributed by atoms with E-state index in [-0.39, 0.29) is 18.5 Å². The zero-order valence-corrected chi connectivity index (χ0v) is 18.9. The Kier molecular flexibility index (Phi) is 5.37. The maximum atomic E-state index is 13.4. The van der Waals surface area contributed by atoms with E-state index in [1.807, 2.05) is 6.20 Å². The lowest BCUT2D eigenvalue weighted by molar-refractivity contribution is -0.161. The molecule has 34 heavy (non-hydrogen) atoms. The number of carbonyl (C=O) groups excluding carboxylic acids is 1. The van der Waals surface area contributed by atoms with E-state index in [2.05, 4.69) is 19.7 Å². The third-order valence-electron chi connectivity index (χ3n) is 7.46. The van der Waals surface area contributed by atoms with E-state index in [9.17, 15) is 19.5 Å². The van der Waals surface area contributed by atoms with E-state index in [0.29, 0.717) is 29.9 Å². The summed E-state index contributed by atoms with van der Waals surface area (Å²) in [6.45, 7) is 5.70. The first-order valence-electron chi connectivity index (χ1n) is 11.8. The van der Waals surface area contributed by atoms with Crippen molar-refractivity contribution in [3.05, 3.63) is 58.0 Å². The number of halogens is 1. The first-order valence-corrected chi connectivity index (χ1v) is 11.8. The summed E-state index contributed by atoms with van der Waals surface area (Å²) in [7, 11) is 0. The predicted octanol–water partition coefficient (Wildman–Crippen LogP) is -0.346. The molecule has 6 rings (SSSR count). The van der Waals surface area contributed by atoms with Crippen molar-refractivity contribution in [2.45, 2.75) is 31.7 Å². The molecule has 2 atom stereocenters. The molecule has 1 aromatic carbocycles. The molecule has 178 valence electrons. The molecule has 4 aliphatic heterocycles. The summed E-state index contributed by atoms with van der Waals surface area (Å²) < 4.78 is 13.4. The van der Waals surface area contributed by atoms with E-state index in [1.165, 1.54) is 23.8 Å². The van der Waals surface area contributed by atoms with Gasteiger partial charge in [-0.25, -0.2) is 9.45 Å². The summed E-state index contributed by atoms with van der Waals surface area (Å²) in [5.74, 6) is -0.695. The Labute approximate surface area is 196 Å². The third kappa shape index (κ3) is 3.88. The zero-order valence-electron chi connectivity index (χ0n) is 18.9. The fraction of sp³-hybridized carbons (Fsp3) is 0.440. The zero-order chi connectivity index (χ0) is 23.4. The van der Waals surface area contributed by atoms with Crippen LogP contribution in [0.2, 0.25) is 0 Å². The van der Waals surface area contributed by atoms with Crippen LogP contribution in [-0.2, 0) is 17.9 Å². The second-order valence-electron chi connectivity index (χ2n) is 9.78. The number of piperazine rings is 1. The molecule has 0 saturated carbocycles. The number of hydroxylamine groups is 2. The smallest absolute Gasteiger partial charge is 0.270 e. The van der Waals surface area contributed by atoms with Gasteiger partial charge in [0.2, 0.25) is 0 Å². The molecule has 2 saturated heterocycles. The first-order chi connectivity index (χ1) is 16.4. The summed E-state index contributed by atoms with van der Waals surface area (Å²) in [5.41, 5.74) is 3.87. The Morgan fingerprint density at radius 1 is 1.09 bits per heavy atom. The van der Waals surface area contributed by atoms with Crippen molar-refractivity contribution >= 4 is 23.2 Å². The molecule has 1 aromatic heterocycles. The molecule has 2 N–H and O–H groups in total. The number of carbonyl (C=O) groups is 1. The highest BCUT2D eigenvalue weighted by Gasteiger charge is 2.36. The highest BCUT2D eigenvalue weighted by Crippen LogP contribution is 2.25. The van der Waals surface area contributed by atoms with Crippen LogP contribution >= 0.6 is 0 Å². The Balaban J connectivity index is 1.35. The van der Waals surface area contributed by atoms with Crippen molar-refractivity contribution < 1.29 is 19.5 Å². The summed E-state index contributed by atoms with van der Waals surface area (Å²) in [5, 5.41) is 22.5. The third-order valence-corrected chi connectivity index (χ3v) is 7.46. The molecule has 9 heteroatoms. The van der Waals surface area contributed by atoms with Crippen molar-refractivity contribution in [3.63, 3.8) is 0 Å². The van der Waals surface area contributed by atoms with Crippen LogP contribution in [0, 0.1) is 5.82 Å². The summed E-state index contributed by atoms with van der Waals surface area (Å²) >= 11 is 0. The highest BCUT2D eigenvalue weighted by molar-refractivity contribution is 6.04. The Morgan fingerprint density at radius 2 is 1.91 bits per heavy atom. The molecule has 8 nitrogen and oxygen atoms in total. The predicted molar refractivity (Wildman–Crippen MR) is 124 cm³/mol. The van der Waals surface area contributed by atoms with Crippen LogP contribution in [0.3, 0.4) is 0 Å². The number of amides is 1. The van der Waals surface area contributed by atoms with Gasteiger partial charge in [-0.05, 0) is 29.7 Å². The Bertz CT molecular complexity index is 1250. The number of aromatic nitrogens is 1. The van der Waals surface area contributed by atoms with E-state index in [1.54, 1.807) is 12.1 Å². The minimum atomic E-state index is -0.437. The summed E-state index contributed by atoms with van der Waals surface area (Å²) in [4.78, 5) is 23.9.